The van der Waals surface area contributed by atoms with E-state index in [0.29, 0.717) is 6.61 Å². The second-order valence-electron chi connectivity index (χ2n) is 3.78. The summed E-state index contributed by atoms with van der Waals surface area (Å²) in [6.45, 7) is 2.02. The Kier molecular flexibility index (Phi) is 3.97. The highest BCUT2D eigenvalue weighted by molar-refractivity contribution is 5.92. The summed E-state index contributed by atoms with van der Waals surface area (Å²) < 4.78 is 6.18. The van der Waals surface area contributed by atoms with Crippen LogP contribution in [-0.2, 0) is 9.53 Å². The monoisotopic (exact) mass is 258 g/mol. The molecule has 1 aromatic carbocycles. The second kappa shape index (κ2) is 5.86. The molecule has 0 aliphatic carbocycles. The Morgan fingerprint density at radius 2 is 2.11 bits per heavy atom. The topological polar surface area (TPSA) is 60.3 Å². The molecule has 0 spiro atoms. The van der Waals surface area contributed by atoms with Crippen LogP contribution < -0.4 is 5.32 Å². The first-order valence-corrected chi connectivity index (χ1v) is 5.92. The number of nitrogens with one attached hydrogen (secondary N) is 1. The van der Waals surface area contributed by atoms with Crippen molar-refractivity contribution in [1.29, 1.82) is 0 Å². The second-order valence-corrected chi connectivity index (χ2v) is 3.78. The summed E-state index contributed by atoms with van der Waals surface area (Å²) in [5.41, 5.74) is 0.810. The normalized spacial score (nSPS) is 10.8. The maximum Gasteiger partial charge on any atom is 0.332 e. The molecule has 0 saturated carbocycles. The van der Waals surface area contributed by atoms with Gasteiger partial charge in [-0.05, 0) is 19.1 Å². The van der Waals surface area contributed by atoms with Gasteiger partial charge in [0.1, 0.15) is 0 Å². The molecule has 0 saturated heterocycles. The number of aromatic nitrogens is 1. The Hall–Kier alpha value is -2.56. The van der Waals surface area contributed by atoms with E-state index < -0.39 is 5.97 Å². The molecule has 19 heavy (non-hydrogen) atoms. The van der Waals surface area contributed by atoms with Gasteiger partial charge in [0.05, 0.1) is 12.1 Å². The Balaban J connectivity index is 2.06. The van der Waals surface area contributed by atoms with Gasteiger partial charge in [0.25, 0.3) is 0 Å². The van der Waals surface area contributed by atoms with Crippen LogP contribution in [0.1, 0.15) is 6.92 Å². The number of nitrogens with zero attached hydrogens (tertiary/aromatic N) is 1. The van der Waals surface area contributed by atoms with E-state index in [1.165, 1.54) is 16.8 Å². The fourth-order valence-electron chi connectivity index (χ4n) is 1.70. The van der Waals surface area contributed by atoms with Gasteiger partial charge in [-0.2, -0.15) is 0 Å². The summed E-state index contributed by atoms with van der Waals surface area (Å²) in [6.07, 6.45) is 4.13. The van der Waals surface area contributed by atoms with E-state index in [-0.39, 0.29) is 6.03 Å². The van der Waals surface area contributed by atoms with E-state index in [1.54, 1.807) is 13.1 Å². The van der Waals surface area contributed by atoms with Gasteiger partial charge in [-0.15, -0.1) is 0 Å². The van der Waals surface area contributed by atoms with Gasteiger partial charge in [-0.3, -0.25) is 4.57 Å². The molecule has 0 fully saturated rings. The number of carbonyl (C=O) groups excluding carboxylic acids is 2. The average molecular weight is 258 g/mol. The van der Waals surface area contributed by atoms with Crippen molar-refractivity contribution in [3.8, 4) is 0 Å². The van der Waals surface area contributed by atoms with Crippen LogP contribution in [-0.4, -0.2) is 23.2 Å². The maximum atomic E-state index is 11.9. The van der Waals surface area contributed by atoms with Crippen molar-refractivity contribution in [2.75, 3.05) is 6.61 Å². The Morgan fingerprint density at radius 1 is 1.32 bits per heavy atom. The van der Waals surface area contributed by atoms with Crippen molar-refractivity contribution in [3.63, 3.8) is 0 Å². The largest absolute Gasteiger partial charge is 0.463 e. The van der Waals surface area contributed by atoms with E-state index in [0.717, 1.165) is 10.9 Å². The standard InChI is InChI=1S/C14H14N2O3/c1-2-19-13(17)7-9-15-14(18)16-10-8-11-5-3-4-6-12(11)16/h3-10H,2H2,1H3,(H,15,18)/b9-7-. The number of rotatable bonds is 3. The number of amides is 1. The third kappa shape index (κ3) is 3.01. The molecule has 0 aliphatic rings. The fourth-order valence-corrected chi connectivity index (χ4v) is 1.70. The van der Waals surface area contributed by atoms with Gasteiger partial charge in [-0.1, -0.05) is 18.2 Å². The molecule has 0 bridgehead atoms. The lowest BCUT2D eigenvalue weighted by Crippen LogP contribution is -2.23. The summed E-state index contributed by atoms with van der Waals surface area (Å²) in [6, 6.07) is 9.06. The van der Waals surface area contributed by atoms with Crippen LogP contribution in [0.3, 0.4) is 0 Å². The molecular formula is C14H14N2O3. The van der Waals surface area contributed by atoms with Crippen LogP contribution >= 0.6 is 0 Å². The summed E-state index contributed by atoms with van der Waals surface area (Å²) in [5.74, 6) is -0.486. The number of esters is 1. The summed E-state index contributed by atoms with van der Waals surface area (Å²) in [7, 11) is 0. The predicted octanol–water partition coefficient (Wildman–Crippen LogP) is 2.28. The SMILES string of the molecule is CCOC(=O)/C=C\NC(=O)n1ccc2ccccc21. The zero-order valence-corrected chi connectivity index (χ0v) is 10.5. The van der Waals surface area contributed by atoms with Gasteiger partial charge < -0.3 is 10.1 Å². The van der Waals surface area contributed by atoms with Gasteiger partial charge in [-0.25, -0.2) is 9.59 Å². The zero-order chi connectivity index (χ0) is 13.7. The van der Waals surface area contributed by atoms with E-state index in [9.17, 15) is 9.59 Å². The number of benzene rings is 1. The number of carbonyl (C=O) groups is 2. The van der Waals surface area contributed by atoms with Crippen molar-refractivity contribution in [2.45, 2.75) is 6.92 Å². The van der Waals surface area contributed by atoms with Crippen LogP contribution in [0.15, 0.2) is 48.8 Å². The van der Waals surface area contributed by atoms with Crippen molar-refractivity contribution in [3.05, 3.63) is 48.8 Å². The third-order valence-electron chi connectivity index (χ3n) is 2.53. The van der Waals surface area contributed by atoms with E-state index in [1.807, 2.05) is 30.3 Å². The van der Waals surface area contributed by atoms with E-state index in [4.69, 9.17) is 4.74 Å². The quantitative estimate of drug-likeness (QED) is 0.678. The minimum atomic E-state index is -0.486. The van der Waals surface area contributed by atoms with Crippen molar-refractivity contribution in [2.24, 2.45) is 0 Å². The minimum Gasteiger partial charge on any atom is -0.463 e. The Labute approximate surface area is 110 Å². The zero-order valence-electron chi connectivity index (χ0n) is 10.5. The van der Waals surface area contributed by atoms with Crippen LogP contribution in [0.5, 0.6) is 0 Å². The highest BCUT2D eigenvalue weighted by Crippen LogP contribution is 2.14. The molecular weight excluding hydrogens is 244 g/mol. The smallest absolute Gasteiger partial charge is 0.332 e. The average Bonchev–Trinajstić information content (AvgIpc) is 2.82. The number of hydrogen-bond donors (Lipinski definition) is 1. The van der Waals surface area contributed by atoms with Crippen LogP contribution in [0, 0.1) is 0 Å². The minimum absolute atomic E-state index is 0.305. The third-order valence-corrected chi connectivity index (χ3v) is 2.53. The number of para-hydroxylation sites is 1. The molecule has 5 heteroatoms. The molecule has 2 rings (SSSR count). The first kappa shape index (κ1) is 12.9. The number of ether oxygens (including phenoxy) is 1. The highest BCUT2D eigenvalue weighted by Gasteiger charge is 2.06. The molecule has 1 amide bonds. The number of hydrogen-bond acceptors (Lipinski definition) is 3. The predicted molar refractivity (Wildman–Crippen MR) is 71.6 cm³/mol. The summed E-state index contributed by atoms with van der Waals surface area (Å²) >= 11 is 0. The van der Waals surface area contributed by atoms with Crippen molar-refractivity contribution >= 4 is 22.9 Å². The maximum absolute atomic E-state index is 11.9. The van der Waals surface area contributed by atoms with Gasteiger partial charge in [0, 0.05) is 23.9 Å². The Morgan fingerprint density at radius 3 is 2.89 bits per heavy atom. The molecule has 5 nitrogen and oxygen atoms in total. The molecule has 1 N–H and O–H groups in total. The molecule has 1 heterocycles. The number of fused-ring (bicyclic) bond motifs is 1. The summed E-state index contributed by atoms with van der Waals surface area (Å²) in [4.78, 5) is 23.0. The molecule has 0 unspecified atom stereocenters. The van der Waals surface area contributed by atoms with E-state index >= 15 is 0 Å². The van der Waals surface area contributed by atoms with Crippen LogP contribution in [0.4, 0.5) is 4.79 Å². The van der Waals surface area contributed by atoms with Gasteiger partial charge in [0.2, 0.25) is 0 Å². The molecule has 0 aliphatic heterocycles. The fraction of sp³-hybridized carbons (Fsp3) is 0.143. The Bertz CT molecular complexity index is 628. The molecule has 98 valence electrons. The first-order valence-electron chi connectivity index (χ1n) is 5.92. The molecule has 0 atom stereocenters. The molecule has 1 aromatic heterocycles. The first-order chi connectivity index (χ1) is 9.22. The summed E-state index contributed by atoms with van der Waals surface area (Å²) in [5, 5.41) is 3.49. The highest BCUT2D eigenvalue weighted by atomic mass is 16.5. The lowest BCUT2D eigenvalue weighted by Gasteiger charge is -2.03. The van der Waals surface area contributed by atoms with Crippen molar-refractivity contribution in [1.82, 2.24) is 9.88 Å². The molecule has 0 radical (unpaired) electrons. The lowest BCUT2D eigenvalue weighted by atomic mass is 10.2. The van der Waals surface area contributed by atoms with Gasteiger partial charge >= 0.3 is 12.0 Å². The van der Waals surface area contributed by atoms with Gasteiger partial charge in [0.15, 0.2) is 0 Å². The lowest BCUT2D eigenvalue weighted by molar-refractivity contribution is -0.137. The van der Waals surface area contributed by atoms with Crippen molar-refractivity contribution < 1.29 is 14.3 Å². The van der Waals surface area contributed by atoms with E-state index in [2.05, 4.69) is 5.32 Å². The van der Waals surface area contributed by atoms with Crippen LogP contribution in [0.2, 0.25) is 0 Å². The van der Waals surface area contributed by atoms with Crippen LogP contribution in [0.25, 0.3) is 10.9 Å². The molecule has 2 aromatic rings.